The maximum absolute atomic E-state index is 11.8. The number of anilines is 1. The fourth-order valence-corrected chi connectivity index (χ4v) is 2.25. The molecule has 1 N–H and O–H groups in total. The van der Waals surface area contributed by atoms with Crippen molar-refractivity contribution >= 4 is 11.4 Å². The van der Waals surface area contributed by atoms with E-state index in [0.29, 0.717) is 5.69 Å². The molecule has 0 saturated carbocycles. The second-order valence-corrected chi connectivity index (χ2v) is 4.58. The van der Waals surface area contributed by atoms with E-state index in [9.17, 15) is 25.7 Å². The third kappa shape index (κ3) is 2.39. The monoisotopic (exact) mass is 318 g/mol. The Labute approximate surface area is 127 Å². The molecule has 23 heavy (non-hydrogen) atoms. The van der Waals surface area contributed by atoms with Crippen molar-refractivity contribution in [1.82, 2.24) is 5.16 Å². The predicted molar refractivity (Wildman–Crippen MR) is 74.4 cm³/mol. The Bertz CT molecular complexity index is 824. The zero-order chi connectivity index (χ0) is 16.6. The maximum Gasteiger partial charge on any atom is 0.320 e. The lowest BCUT2D eigenvalue weighted by molar-refractivity contribution is -0.808. The predicted octanol–water partition coefficient (Wildman–Crippen LogP) is 0.433. The Balaban J connectivity index is 2.16. The molecule has 0 saturated heterocycles. The van der Waals surface area contributed by atoms with Crippen molar-refractivity contribution in [3.05, 3.63) is 79.2 Å². The molecule has 1 heterocycles. The zero-order valence-electron chi connectivity index (χ0n) is 11.3. The van der Waals surface area contributed by atoms with Crippen LogP contribution < -0.4 is 10.2 Å². The van der Waals surface area contributed by atoms with Crippen LogP contribution in [-0.4, -0.2) is 20.7 Å². The summed E-state index contributed by atoms with van der Waals surface area (Å²) in [6.45, 7) is 0. The van der Waals surface area contributed by atoms with Crippen LogP contribution in [0.5, 0.6) is 0 Å². The van der Waals surface area contributed by atoms with Crippen molar-refractivity contribution < 1.29 is 19.4 Å². The molecule has 1 atom stereocenters. The van der Waals surface area contributed by atoms with Crippen molar-refractivity contribution in [3.8, 4) is 0 Å². The number of allylic oxidation sites excluding steroid dienone is 1. The van der Waals surface area contributed by atoms with Crippen molar-refractivity contribution in [2.75, 3.05) is 5.32 Å². The third-order valence-corrected chi connectivity index (χ3v) is 3.23. The fourth-order valence-electron chi connectivity index (χ4n) is 2.25. The van der Waals surface area contributed by atoms with E-state index < -0.39 is 27.3 Å². The average Bonchev–Trinajstić information content (AvgIpc) is 2.90. The topological polar surface area (TPSA) is 157 Å². The van der Waals surface area contributed by atoms with Crippen LogP contribution in [-0.2, 0) is 0 Å². The van der Waals surface area contributed by atoms with Gasteiger partial charge in [-0.2, -0.15) is 4.90 Å². The number of nitro groups is 1. The molecule has 118 valence electrons. The first-order chi connectivity index (χ1) is 11.0. The largest absolute Gasteiger partial charge is 0.612 e. The number of aromatic nitrogens is 2. The van der Waals surface area contributed by atoms with Crippen LogP contribution >= 0.6 is 0 Å². The Morgan fingerprint density at radius 3 is 2.52 bits per heavy atom. The van der Waals surface area contributed by atoms with Gasteiger partial charge in [-0.05, 0) is 17.0 Å². The lowest BCUT2D eigenvalue weighted by Crippen LogP contribution is -2.38. The zero-order valence-corrected chi connectivity index (χ0v) is 11.3. The van der Waals surface area contributed by atoms with Gasteiger partial charge in [0.05, 0.1) is 16.2 Å². The summed E-state index contributed by atoms with van der Waals surface area (Å²) in [6.07, 6.45) is 0.769. The number of nitrogens with zero attached hydrogens (tertiary/aromatic N) is 4. The van der Waals surface area contributed by atoms with Gasteiger partial charge in [0.25, 0.3) is 11.4 Å². The lowest BCUT2D eigenvalue weighted by Gasteiger charge is -2.18. The molecular formula is C12H8N5O6-. The first-order valence-corrected chi connectivity index (χ1v) is 6.28. The van der Waals surface area contributed by atoms with Gasteiger partial charge in [-0.1, -0.05) is 18.2 Å². The lowest BCUT2D eigenvalue weighted by atomic mass is 9.98. The highest BCUT2D eigenvalue weighted by atomic mass is 16.8. The minimum atomic E-state index is -1.24. The van der Waals surface area contributed by atoms with E-state index in [1.165, 1.54) is 0 Å². The van der Waals surface area contributed by atoms with Crippen molar-refractivity contribution in [2.24, 2.45) is 0 Å². The van der Waals surface area contributed by atoms with Gasteiger partial charge < -0.3 is 20.9 Å². The van der Waals surface area contributed by atoms with Gasteiger partial charge in [0.15, 0.2) is 6.04 Å². The van der Waals surface area contributed by atoms with E-state index in [4.69, 9.17) is 0 Å². The summed E-state index contributed by atoms with van der Waals surface area (Å²) in [5.74, 6) is 0. The molecule has 2 aromatic rings. The maximum atomic E-state index is 11.8. The second kappa shape index (κ2) is 5.29. The summed E-state index contributed by atoms with van der Waals surface area (Å²) in [6, 6.07) is 7.14. The van der Waals surface area contributed by atoms with E-state index in [2.05, 4.69) is 15.1 Å². The molecule has 1 aliphatic carbocycles. The first-order valence-electron chi connectivity index (χ1n) is 6.28. The molecule has 1 aliphatic rings. The number of fused-ring (bicyclic) bond motifs is 1. The van der Waals surface area contributed by atoms with Crippen LogP contribution in [0.1, 0.15) is 17.4 Å². The van der Waals surface area contributed by atoms with Crippen molar-refractivity contribution in [2.45, 2.75) is 6.04 Å². The molecular weight excluding hydrogens is 310 g/mol. The number of hydrogen-bond acceptors (Lipinski definition) is 8. The number of rotatable bonds is 3. The van der Waals surface area contributed by atoms with Crippen molar-refractivity contribution in [1.29, 1.82) is 0 Å². The van der Waals surface area contributed by atoms with Gasteiger partial charge in [-0.3, -0.25) is 14.7 Å². The van der Waals surface area contributed by atoms with Crippen molar-refractivity contribution in [3.63, 3.8) is 0 Å². The van der Waals surface area contributed by atoms with E-state index in [-0.39, 0.29) is 16.3 Å². The minimum Gasteiger partial charge on any atom is -0.612 e. The minimum absolute atomic E-state index is 0.0735. The van der Waals surface area contributed by atoms with Crippen LogP contribution in [0.15, 0.2) is 46.7 Å². The molecule has 11 heteroatoms. The number of nitrogens with one attached hydrogen (secondary N) is 1. The molecule has 0 amide bonds. The summed E-state index contributed by atoms with van der Waals surface area (Å²) in [7, 11) is 0. The highest BCUT2D eigenvalue weighted by Gasteiger charge is 2.46. The SMILES string of the molecule is O=[N+]([O-])C1=CC(=[N+]([O-])[O-])c2no[n+]([O-])c2C1Nc1ccccc1. The van der Waals surface area contributed by atoms with E-state index in [0.717, 1.165) is 6.08 Å². The number of hydrogen-bond donors (Lipinski definition) is 1. The normalized spacial score (nSPS) is 16.4. The first kappa shape index (κ1) is 14.3. The number of para-hydroxylation sites is 1. The highest BCUT2D eigenvalue weighted by molar-refractivity contribution is 6.06. The molecule has 0 bridgehead atoms. The second-order valence-electron chi connectivity index (χ2n) is 4.58. The third-order valence-electron chi connectivity index (χ3n) is 3.23. The average molecular weight is 318 g/mol. The Hall–Kier alpha value is -3.63. The van der Waals surface area contributed by atoms with Crippen LogP contribution in [0.3, 0.4) is 0 Å². The number of benzene rings is 1. The molecule has 0 aliphatic heterocycles. The summed E-state index contributed by atoms with van der Waals surface area (Å²) in [5.41, 5.74) is -1.42. The molecule has 0 spiro atoms. The van der Waals surface area contributed by atoms with Crippen LogP contribution in [0.2, 0.25) is 0 Å². The molecule has 0 fully saturated rings. The van der Waals surface area contributed by atoms with Gasteiger partial charge in [0, 0.05) is 5.69 Å². The molecule has 1 aromatic heterocycles. The highest BCUT2D eigenvalue weighted by Crippen LogP contribution is 2.31. The van der Waals surface area contributed by atoms with Gasteiger partial charge in [-0.25, -0.2) is 0 Å². The summed E-state index contributed by atoms with van der Waals surface area (Å²) >= 11 is 0. The van der Waals surface area contributed by atoms with Gasteiger partial charge >= 0.3 is 5.69 Å². The van der Waals surface area contributed by atoms with E-state index >= 15 is 0 Å². The molecule has 1 aromatic carbocycles. The summed E-state index contributed by atoms with van der Waals surface area (Å²) < 4.78 is 4.38. The smallest absolute Gasteiger partial charge is 0.320 e. The Kier molecular flexibility index (Phi) is 3.29. The van der Waals surface area contributed by atoms with Gasteiger partial charge in [0.1, 0.15) is 0 Å². The van der Waals surface area contributed by atoms with Crippen LogP contribution in [0.25, 0.3) is 0 Å². The summed E-state index contributed by atoms with van der Waals surface area (Å²) in [5, 5.41) is 51.2. The molecule has 1 unspecified atom stereocenters. The summed E-state index contributed by atoms with van der Waals surface area (Å²) in [4.78, 5) is 9.54. The Morgan fingerprint density at radius 1 is 1.22 bits per heavy atom. The van der Waals surface area contributed by atoms with E-state index in [1.807, 2.05) is 0 Å². The Morgan fingerprint density at radius 2 is 1.91 bits per heavy atom. The quantitative estimate of drug-likeness (QED) is 0.484. The van der Waals surface area contributed by atoms with Crippen LogP contribution in [0, 0.1) is 25.7 Å². The van der Waals surface area contributed by atoms with Crippen LogP contribution in [0.4, 0.5) is 5.69 Å². The van der Waals surface area contributed by atoms with Gasteiger partial charge in [0.2, 0.25) is 5.69 Å². The molecule has 0 radical (unpaired) electrons. The molecule has 3 rings (SSSR count). The fraction of sp³-hybridized carbons (Fsp3) is 0.0833. The molecule has 11 nitrogen and oxygen atoms in total. The van der Waals surface area contributed by atoms with Gasteiger partial charge in [-0.15, -0.1) is 0 Å². The van der Waals surface area contributed by atoms with E-state index in [1.54, 1.807) is 30.3 Å². The standard InChI is InChI=1S/C12H8N5O6/c18-15(19)8-6-9(16(20)21)11-12(17(22)23-14-11)10(8)13-7-4-2-1-3-5-7/h1-6,10,13H/q-1.